The fraction of sp³-hybridized carbons (Fsp3) is 0.300. The molecule has 17 heavy (non-hydrogen) atoms. The number of carboxylic acids is 1. The Labute approximate surface area is 97.4 Å². The second kappa shape index (κ2) is 5.80. The van der Waals surface area contributed by atoms with E-state index in [0.717, 1.165) is 6.42 Å². The average molecular weight is 239 g/mol. The van der Waals surface area contributed by atoms with Crippen LogP contribution in [-0.2, 0) is 0 Å². The van der Waals surface area contributed by atoms with E-state index >= 15 is 0 Å². The third kappa shape index (κ3) is 3.42. The Morgan fingerprint density at radius 1 is 1.53 bits per heavy atom. The molecule has 92 valence electrons. The largest absolute Gasteiger partial charge is 0.477 e. The lowest BCUT2D eigenvalue weighted by molar-refractivity contribution is -0.385. The normalized spacial score (nSPS) is 9.94. The zero-order valence-corrected chi connectivity index (χ0v) is 9.05. The van der Waals surface area contributed by atoms with Crippen molar-refractivity contribution in [3.05, 3.63) is 33.9 Å². The molecule has 0 aromatic heterocycles. The number of nitrogens with two attached hydrogens (primary N) is 1. The van der Waals surface area contributed by atoms with Crippen molar-refractivity contribution in [2.45, 2.75) is 6.42 Å². The van der Waals surface area contributed by atoms with E-state index in [4.69, 9.17) is 10.8 Å². The van der Waals surface area contributed by atoms with Crippen LogP contribution in [0.2, 0.25) is 0 Å². The first-order chi connectivity index (χ1) is 8.06. The average Bonchev–Trinajstić information content (AvgIpc) is 2.29. The molecule has 4 N–H and O–H groups in total. The van der Waals surface area contributed by atoms with Gasteiger partial charge in [-0.1, -0.05) is 0 Å². The van der Waals surface area contributed by atoms with Gasteiger partial charge in [0.2, 0.25) is 0 Å². The highest BCUT2D eigenvalue weighted by atomic mass is 16.6. The molecule has 0 saturated heterocycles. The number of carbonyl (C=O) groups is 1. The predicted octanol–water partition coefficient (Wildman–Crippen LogP) is 1.05. The maximum Gasteiger partial charge on any atom is 0.342 e. The lowest BCUT2D eigenvalue weighted by Crippen LogP contribution is -2.09. The maximum atomic E-state index is 10.9. The second-order valence-electron chi connectivity index (χ2n) is 3.36. The van der Waals surface area contributed by atoms with Crippen LogP contribution in [0.3, 0.4) is 0 Å². The van der Waals surface area contributed by atoms with Crippen molar-refractivity contribution in [1.82, 2.24) is 0 Å². The maximum absolute atomic E-state index is 10.9. The fourth-order valence-electron chi connectivity index (χ4n) is 1.31. The monoisotopic (exact) mass is 239 g/mol. The van der Waals surface area contributed by atoms with Gasteiger partial charge in [-0.05, 0) is 25.1 Å². The first-order valence-corrected chi connectivity index (χ1v) is 5.02. The van der Waals surface area contributed by atoms with Crippen molar-refractivity contribution in [3.8, 4) is 0 Å². The summed E-state index contributed by atoms with van der Waals surface area (Å²) in [4.78, 5) is 20.7. The number of rotatable bonds is 6. The predicted molar refractivity (Wildman–Crippen MR) is 62.2 cm³/mol. The van der Waals surface area contributed by atoms with E-state index in [1.807, 2.05) is 0 Å². The van der Waals surface area contributed by atoms with Crippen LogP contribution >= 0.6 is 0 Å². The van der Waals surface area contributed by atoms with Gasteiger partial charge in [-0.25, -0.2) is 4.79 Å². The van der Waals surface area contributed by atoms with E-state index in [1.54, 1.807) is 0 Å². The molecule has 0 heterocycles. The molecular weight excluding hydrogens is 226 g/mol. The molecule has 7 heteroatoms. The van der Waals surface area contributed by atoms with Crippen LogP contribution in [0.15, 0.2) is 18.2 Å². The molecule has 1 aromatic carbocycles. The molecular formula is C10H13N3O4. The van der Waals surface area contributed by atoms with Crippen LogP contribution in [0.25, 0.3) is 0 Å². The number of nitrogens with one attached hydrogen (secondary N) is 1. The Kier molecular flexibility index (Phi) is 4.41. The zero-order chi connectivity index (χ0) is 12.8. The van der Waals surface area contributed by atoms with Crippen LogP contribution in [0.5, 0.6) is 0 Å². The van der Waals surface area contributed by atoms with E-state index in [1.165, 1.54) is 18.2 Å². The van der Waals surface area contributed by atoms with Gasteiger partial charge in [0.15, 0.2) is 0 Å². The molecule has 1 aromatic rings. The molecule has 0 saturated carbocycles. The van der Waals surface area contributed by atoms with E-state index < -0.39 is 16.6 Å². The SMILES string of the molecule is NCCCNc1ccc([N+](=O)[O-])c(C(=O)O)c1. The minimum absolute atomic E-state index is 0.326. The highest BCUT2D eigenvalue weighted by Crippen LogP contribution is 2.22. The lowest BCUT2D eigenvalue weighted by Gasteiger charge is -2.06. The van der Waals surface area contributed by atoms with Crippen molar-refractivity contribution < 1.29 is 14.8 Å². The summed E-state index contributed by atoms with van der Waals surface area (Å²) in [6.07, 6.45) is 0.736. The van der Waals surface area contributed by atoms with Crippen molar-refractivity contribution in [2.75, 3.05) is 18.4 Å². The minimum Gasteiger partial charge on any atom is -0.477 e. The van der Waals surface area contributed by atoms with Crippen LogP contribution < -0.4 is 11.1 Å². The smallest absolute Gasteiger partial charge is 0.342 e. The Bertz CT molecular complexity index is 434. The van der Waals surface area contributed by atoms with Gasteiger partial charge < -0.3 is 16.2 Å². The quantitative estimate of drug-likeness (QED) is 0.388. The van der Waals surface area contributed by atoms with Gasteiger partial charge in [0.1, 0.15) is 5.56 Å². The van der Waals surface area contributed by atoms with Crippen molar-refractivity contribution in [2.24, 2.45) is 5.73 Å². The Morgan fingerprint density at radius 2 is 2.24 bits per heavy atom. The van der Waals surface area contributed by atoms with Gasteiger partial charge >= 0.3 is 5.97 Å². The van der Waals surface area contributed by atoms with E-state index in [9.17, 15) is 14.9 Å². The summed E-state index contributed by atoms with van der Waals surface area (Å²) in [5.74, 6) is -1.32. The number of nitro benzene ring substituents is 1. The summed E-state index contributed by atoms with van der Waals surface area (Å²) in [7, 11) is 0. The molecule has 0 aliphatic rings. The number of benzene rings is 1. The van der Waals surface area contributed by atoms with Crippen LogP contribution in [0.4, 0.5) is 11.4 Å². The molecule has 1 rings (SSSR count). The second-order valence-corrected chi connectivity index (χ2v) is 3.36. The molecule has 0 aliphatic carbocycles. The van der Waals surface area contributed by atoms with E-state index in [0.29, 0.717) is 18.8 Å². The first-order valence-electron chi connectivity index (χ1n) is 5.02. The highest BCUT2D eigenvalue weighted by molar-refractivity contribution is 5.93. The number of carboxylic acid groups (broad SMARTS) is 1. The summed E-state index contributed by atoms with van der Waals surface area (Å²) in [5.41, 5.74) is 5.10. The topological polar surface area (TPSA) is 118 Å². The van der Waals surface area contributed by atoms with Crippen LogP contribution in [0, 0.1) is 10.1 Å². The summed E-state index contributed by atoms with van der Waals surface area (Å²) in [5, 5.41) is 22.4. The standard InChI is InChI=1S/C10H13N3O4/c11-4-1-5-12-7-2-3-9(13(16)17)8(6-7)10(14)15/h2-3,6,12H,1,4-5,11H2,(H,14,15). The van der Waals surface area contributed by atoms with Crippen molar-refractivity contribution in [1.29, 1.82) is 0 Å². The number of nitro groups is 1. The third-order valence-corrected chi connectivity index (χ3v) is 2.13. The van der Waals surface area contributed by atoms with Crippen LogP contribution in [0.1, 0.15) is 16.8 Å². The summed E-state index contributed by atoms with van der Waals surface area (Å²) >= 11 is 0. The molecule has 7 nitrogen and oxygen atoms in total. The molecule has 0 atom stereocenters. The molecule has 0 amide bonds. The Balaban J connectivity index is 2.94. The summed E-state index contributed by atoms with van der Waals surface area (Å²) < 4.78 is 0. The van der Waals surface area contributed by atoms with Gasteiger partial charge in [-0.2, -0.15) is 0 Å². The lowest BCUT2D eigenvalue weighted by atomic mass is 10.1. The van der Waals surface area contributed by atoms with Gasteiger partial charge in [0.05, 0.1) is 4.92 Å². The number of nitrogens with zero attached hydrogens (tertiary/aromatic N) is 1. The zero-order valence-electron chi connectivity index (χ0n) is 9.05. The van der Waals surface area contributed by atoms with E-state index in [2.05, 4.69) is 5.32 Å². The van der Waals surface area contributed by atoms with Crippen molar-refractivity contribution >= 4 is 17.3 Å². The molecule has 0 spiro atoms. The molecule has 0 fully saturated rings. The minimum atomic E-state index is -1.32. The van der Waals surface area contributed by atoms with Crippen LogP contribution in [-0.4, -0.2) is 29.1 Å². The molecule has 0 aliphatic heterocycles. The number of hydrogen-bond donors (Lipinski definition) is 3. The molecule has 0 radical (unpaired) electrons. The molecule has 0 unspecified atom stereocenters. The van der Waals surface area contributed by atoms with Gasteiger partial charge in [-0.15, -0.1) is 0 Å². The highest BCUT2D eigenvalue weighted by Gasteiger charge is 2.19. The fourth-order valence-corrected chi connectivity index (χ4v) is 1.31. The number of aromatic carboxylic acids is 1. The summed E-state index contributed by atoms with van der Waals surface area (Å²) in [6, 6.07) is 3.90. The van der Waals surface area contributed by atoms with Crippen molar-refractivity contribution in [3.63, 3.8) is 0 Å². The number of anilines is 1. The van der Waals surface area contributed by atoms with Gasteiger partial charge in [0.25, 0.3) is 5.69 Å². The van der Waals surface area contributed by atoms with Gasteiger partial charge in [-0.3, -0.25) is 10.1 Å². The summed E-state index contributed by atoms with van der Waals surface area (Å²) in [6.45, 7) is 1.11. The Hall–Kier alpha value is -2.15. The Morgan fingerprint density at radius 3 is 2.76 bits per heavy atom. The molecule has 0 bridgehead atoms. The first kappa shape index (κ1) is 12.9. The van der Waals surface area contributed by atoms with Gasteiger partial charge in [0, 0.05) is 18.3 Å². The number of hydrogen-bond acceptors (Lipinski definition) is 5. The third-order valence-electron chi connectivity index (χ3n) is 2.13. The van der Waals surface area contributed by atoms with E-state index in [-0.39, 0.29) is 5.56 Å².